The van der Waals surface area contributed by atoms with Crippen molar-refractivity contribution in [2.24, 2.45) is 0 Å². The number of nitrogens with zero attached hydrogens (tertiary/aromatic N) is 3. The summed E-state index contributed by atoms with van der Waals surface area (Å²) < 4.78 is 7.61. The van der Waals surface area contributed by atoms with Crippen molar-refractivity contribution in [1.82, 2.24) is 9.38 Å². The fraction of sp³-hybridized carbons (Fsp3) is 0.333. The molecule has 3 aromatic rings. The molecule has 0 amide bonds. The molecule has 0 saturated heterocycles. The van der Waals surface area contributed by atoms with Crippen LogP contribution in [0.1, 0.15) is 32.2 Å². The minimum Gasteiger partial charge on any atom is -0.496 e. The molecule has 118 valence electrons. The van der Waals surface area contributed by atoms with E-state index in [-0.39, 0.29) is 5.41 Å². The van der Waals surface area contributed by atoms with E-state index in [1.165, 1.54) is 5.69 Å². The van der Waals surface area contributed by atoms with Gasteiger partial charge in [0.1, 0.15) is 5.75 Å². The second-order valence-electron chi connectivity index (χ2n) is 6.43. The smallest absolute Gasteiger partial charge is 0.194 e. The van der Waals surface area contributed by atoms with Crippen LogP contribution in [0.2, 0.25) is 0 Å². The Balaban J connectivity index is 2.32. The molecular formula is C18H19N3OS. The molecule has 0 atom stereocenters. The van der Waals surface area contributed by atoms with Crippen molar-refractivity contribution in [2.45, 2.75) is 32.6 Å². The Morgan fingerprint density at radius 3 is 2.70 bits per heavy atom. The van der Waals surface area contributed by atoms with Crippen molar-refractivity contribution in [1.29, 1.82) is 5.26 Å². The quantitative estimate of drug-likeness (QED) is 0.715. The molecule has 0 bridgehead atoms. The van der Waals surface area contributed by atoms with Crippen LogP contribution in [-0.4, -0.2) is 16.5 Å². The van der Waals surface area contributed by atoms with Gasteiger partial charge < -0.3 is 4.74 Å². The number of aromatic nitrogens is 2. The molecule has 4 nitrogen and oxygen atoms in total. The van der Waals surface area contributed by atoms with Crippen molar-refractivity contribution < 1.29 is 4.74 Å². The molecule has 2 heterocycles. The van der Waals surface area contributed by atoms with E-state index >= 15 is 0 Å². The average Bonchev–Trinajstić information content (AvgIpc) is 3.07. The fourth-order valence-corrected chi connectivity index (χ4v) is 3.86. The van der Waals surface area contributed by atoms with Gasteiger partial charge in [-0.05, 0) is 12.1 Å². The lowest BCUT2D eigenvalue weighted by Gasteiger charge is -2.18. The molecule has 2 aromatic heterocycles. The number of benzene rings is 1. The van der Waals surface area contributed by atoms with E-state index in [9.17, 15) is 5.26 Å². The third kappa shape index (κ3) is 2.60. The zero-order chi connectivity index (χ0) is 16.6. The molecule has 0 N–H and O–H groups in total. The van der Waals surface area contributed by atoms with Crippen LogP contribution in [0.3, 0.4) is 0 Å². The zero-order valence-corrected chi connectivity index (χ0v) is 14.6. The Kier molecular flexibility index (Phi) is 3.87. The number of rotatable bonds is 3. The molecular weight excluding hydrogens is 306 g/mol. The summed E-state index contributed by atoms with van der Waals surface area (Å²) in [6.45, 7) is 6.52. The first kappa shape index (κ1) is 15.6. The van der Waals surface area contributed by atoms with Gasteiger partial charge in [0, 0.05) is 22.1 Å². The van der Waals surface area contributed by atoms with E-state index in [4.69, 9.17) is 9.72 Å². The summed E-state index contributed by atoms with van der Waals surface area (Å²) in [5, 5.41) is 11.4. The second kappa shape index (κ2) is 5.71. The third-order valence-electron chi connectivity index (χ3n) is 3.84. The van der Waals surface area contributed by atoms with Crippen LogP contribution < -0.4 is 4.74 Å². The first-order chi connectivity index (χ1) is 11.0. The lowest BCUT2D eigenvalue weighted by molar-refractivity contribution is 0.416. The van der Waals surface area contributed by atoms with Gasteiger partial charge in [-0.3, -0.25) is 4.40 Å². The standard InChI is InChI=1S/C18H19N3OS/c1-18(2,3)15-11-23-17-20-16(13(9-10-19)21(15)17)12-7-5-6-8-14(12)22-4/h5-8,11H,9H2,1-4H3. The van der Waals surface area contributed by atoms with Crippen LogP contribution in [0.25, 0.3) is 16.2 Å². The van der Waals surface area contributed by atoms with Crippen LogP contribution in [0.4, 0.5) is 0 Å². The average molecular weight is 325 g/mol. The van der Waals surface area contributed by atoms with Gasteiger partial charge in [0.15, 0.2) is 4.96 Å². The van der Waals surface area contributed by atoms with E-state index in [0.717, 1.165) is 27.7 Å². The molecule has 0 saturated carbocycles. The van der Waals surface area contributed by atoms with Crippen LogP contribution in [-0.2, 0) is 11.8 Å². The third-order valence-corrected chi connectivity index (χ3v) is 4.66. The molecule has 0 fully saturated rings. The topological polar surface area (TPSA) is 50.3 Å². The molecule has 0 spiro atoms. The lowest BCUT2D eigenvalue weighted by Crippen LogP contribution is -2.15. The number of para-hydroxylation sites is 1. The Hall–Kier alpha value is -2.32. The van der Waals surface area contributed by atoms with Crippen molar-refractivity contribution >= 4 is 16.3 Å². The first-order valence-electron chi connectivity index (χ1n) is 7.47. The zero-order valence-electron chi connectivity index (χ0n) is 13.8. The van der Waals surface area contributed by atoms with Crippen molar-refractivity contribution in [3.8, 4) is 23.1 Å². The lowest BCUT2D eigenvalue weighted by atomic mass is 9.93. The van der Waals surface area contributed by atoms with Gasteiger partial charge in [-0.15, -0.1) is 11.3 Å². The first-order valence-corrected chi connectivity index (χ1v) is 8.35. The normalized spacial score (nSPS) is 11.6. The van der Waals surface area contributed by atoms with E-state index in [1.807, 2.05) is 24.3 Å². The van der Waals surface area contributed by atoms with Gasteiger partial charge in [-0.1, -0.05) is 32.9 Å². The number of fused-ring (bicyclic) bond motifs is 1. The van der Waals surface area contributed by atoms with Gasteiger partial charge in [0.25, 0.3) is 0 Å². The molecule has 1 aromatic carbocycles. The predicted octanol–water partition coefficient (Wildman–Crippen LogP) is 4.43. The van der Waals surface area contributed by atoms with Gasteiger partial charge in [0.2, 0.25) is 0 Å². The number of nitriles is 1. The Morgan fingerprint density at radius 2 is 2.04 bits per heavy atom. The van der Waals surface area contributed by atoms with Crippen LogP contribution in [0, 0.1) is 11.3 Å². The number of imidazole rings is 1. The highest BCUT2D eigenvalue weighted by atomic mass is 32.1. The minimum absolute atomic E-state index is 0.0127. The summed E-state index contributed by atoms with van der Waals surface area (Å²) in [7, 11) is 1.65. The summed E-state index contributed by atoms with van der Waals surface area (Å²) in [5.74, 6) is 0.773. The molecule has 0 radical (unpaired) electrons. The summed E-state index contributed by atoms with van der Waals surface area (Å²) in [6, 6.07) is 10.1. The molecule has 0 aliphatic rings. The van der Waals surface area contributed by atoms with Crippen LogP contribution in [0.5, 0.6) is 5.75 Å². The Bertz CT molecular complexity index is 893. The maximum absolute atomic E-state index is 9.31. The number of hydrogen-bond donors (Lipinski definition) is 0. The summed E-state index contributed by atoms with van der Waals surface area (Å²) in [6.07, 6.45) is 0.314. The fourth-order valence-electron chi connectivity index (χ4n) is 2.73. The molecule has 3 rings (SSSR count). The summed E-state index contributed by atoms with van der Waals surface area (Å²) in [5.41, 5.74) is 3.85. The molecule has 5 heteroatoms. The van der Waals surface area contributed by atoms with Crippen molar-refractivity contribution in [2.75, 3.05) is 7.11 Å². The number of thiazole rings is 1. The van der Waals surface area contributed by atoms with Gasteiger partial charge in [-0.25, -0.2) is 4.98 Å². The highest BCUT2D eigenvalue weighted by molar-refractivity contribution is 7.15. The van der Waals surface area contributed by atoms with E-state index in [2.05, 4.69) is 36.6 Å². The van der Waals surface area contributed by atoms with Crippen LogP contribution >= 0.6 is 11.3 Å². The highest BCUT2D eigenvalue weighted by Crippen LogP contribution is 2.36. The van der Waals surface area contributed by atoms with Crippen molar-refractivity contribution in [3.63, 3.8) is 0 Å². The number of ether oxygens (including phenoxy) is 1. The van der Waals surface area contributed by atoms with E-state index in [1.54, 1.807) is 18.4 Å². The molecule has 23 heavy (non-hydrogen) atoms. The highest BCUT2D eigenvalue weighted by Gasteiger charge is 2.25. The van der Waals surface area contributed by atoms with Gasteiger partial charge >= 0.3 is 0 Å². The second-order valence-corrected chi connectivity index (χ2v) is 7.27. The summed E-state index contributed by atoms with van der Waals surface area (Å²) >= 11 is 1.61. The molecule has 0 aliphatic carbocycles. The monoisotopic (exact) mass is 325 g/mol. The maximum Gasteiger partial charge on any atom is 0.194 e. The van der Waals surface area contributed by atoms with Crippen LogP contribution in [0.15, 0.2) is 29.6 Å². The largest absolute Gasteiger partial charge is 0.496 e. The molecule has 0 aliphatic heterocycles. The van der Waals surface area contributed by atoms with Gasteiger partial charge in [0.05, 0.1) is 31.0 Å². The Morgan fingerprint density at radius 1 is 1.30 bits per heavy atom. The number of hydrogen-bond acceptors (Lipinski definition) is 4. The SMILES string of the molecule is COc1ccccc1-c1nc2scc(C(C)(C)C)n2c1CC#N. The minimum atomic E-state index is -0.0127. The predicted molar refractivity (Wildman–Crippen MR) is 93.1 cm³/mol. The molecule has 0 unspecified atom stereocenters. The van der Waals surface area contributed by atoms with E-state index in [0.29, 0.717) is 6.42 Å². The Labute approximate surface area is 140 Å². The number of methoxy groups -OCH3 is 1. The van der Waals surface area contributed by atoms with E-state index < -0.39 is 0 Å². The van der Waals surface area contributed by atoms with Gasteiger partial charge in [-0.2, -0.15) is 5.26 Å². The maximum atomic E-state index is 9.31. The summed E-state index contributed by atoms with van der Waals surface area (Å²) in [4.78, 5) is 5.71. The van der Waals surface area contributed by atoms with Crippen molar-refractivity contribution in [3.05, 3.63) is 41.0 Å².